The molecule has 0 unspecified atom stereocenters. The van der Waals surface area contributed by atoms with Gasteiger partial charge in [-0.05, 0) is 24.6 Å². The normalized spacial score (nSPS) is 16.2. The first-order chi connectivity index (χ1) is 13.7. The molecule has 1 aromatic heterocycles. The lowest BCUT2D eigenvalue weighted by Crippen LogP contribution is -2.50. The molecule has 28 heavy (non-hydrogen) atoms. The molecule has 0 bridgehead atoms. The third-order valence-corrected chi connectivity index (χ3v) is 6.18. The number of nitrogens with zero attached hydrogens (tertiary/aromatic N) is 3. The number of benzene rings is 2. The van der Waals surface area contributed by atoms with Crippen molar-refractivity contribution in [2.75, 3.05) is 26.2 Å². The Labute approximate surface area is 170 Å². The number of amides is 1. The summed E-state index contributed by atoms with van der Waals surface area (Å²) >= 11 is 1.55. The van der Waals surface area contributed by atoms with Crippen LogP contribution in [0.2, 0.25) is 0 Å². The second-order valence-electron chi connectivity index (χ2n) is 7.19. The Morgan fingerprint density at radius 1 is 0.964 bits per heavy atom. The van der Waals surface area contributed by atoms with Crippen molar-refractivity contribution in [1.82, 2.24) is 14.8 Å². The van der Waals surface area contributed by atoms with E-state index in [4.69, 9.17) is 0 Å². The van der Waals surface area contributed by atoms with Gasteiger partial charge in [0.05, 0.1) is 15.8 Å². The molecule has 0 saturated carbocycles. The van der Waals surface area contributed by atoms with Crippen molar-refractivity contribution in [2.24, 2.45) is 0 Å². The maximum atomic E-state index is 12.9. The van der Waals surface area contributed by atoms with E-state index in [1.165, 1.54) is 5.56 Å². The molecule has 1 saturated heterocycles. The van der Waals surface area contributed by atoms with Gasteiger partial charge >= 0.3 is 0 Å². The quantitative estimate of drug-likeness (QED) is 0.615. The molecule has 5 heteroatoms. The molecular formula is C23H25N3OS. The summed E-state index contributed by atoms with van der Waals surface area (Å²) in [4.78, 5) is 22.0. The average Bonchev–Trinajstić information content (AvgIpc) is 2.74. The zero-order valence-electron chi connectivity index (χ0n) is 16.1. The highest BCUT2D eigenvalue weighted by Crippen LogP contribution is 2.25. The van der Waals surface area contributed by atoms with Crippen LogP contribution in [0, 0.1) is 0 Å². The number of carbonyl (C=O) groups excluding carboxylic acids is 1. The van der Waals surface area contributed by atoms with E-state index in [9.17, 15) is 4.79 Å². The number of pyridine rings is 1. The van der Waals surface area contributed by atoms with Crippen LogP contribution in [-0.2, 0) is 11.3 Å². The molecule has 4 rings (SSSR count). The van der Waals surface area contributed by atoms with E-state index in [0.29, 0.717) is 0 Å². The van der Waals surface area contributed by atoms with Gasteiger partial charge in [-0.15, -0.1) is 0 Å². The van der Waals surface area contributed by atoms with Crippen LogP contribution in [0.5, 0.6) is 0 Å². The van der Waals surface area contributed by atoms with E-state index in [1.807, 2.05) is 42.2 Å². The van der Waals surface area contributed by atoms with Gasteiger partial charge in [-0.2, -0.15) is 0 Å². The Hall–Kier alpha value is -2.37. The summed E-state index contributed by atoms with van der Waals surface area (Å²) < 4.78 is 0. The van der Waals surface area contributed by atoms with Gasteiger partial charge in [-0.3, -0.25) is 9.69 Å². The number of rotatable bonds is 5. The van der Waals surface area contributed by atoms with Crippen molar-refractivity contribution in [3.05, 3.63) is 72.3 Å². The van der Waals surface area contributed by atoms with Gasteiger partial charge in [0.1, 0.15) is 0 Å². The predicted octanol–water partition coefficient (Wildman–Crippen LogP) is 4.06. The van der Waals surface area contributed by atoms with Gasteiger partial charge in [-0.1, -0.05) is 66.4 Å². The van der Waals surface area contributed by atoms with E-state index in [-0.39, 0.29) is 11.2 Å². The lowest BCUT2D eigenvalue weighted by Gasteiger charge is -2.35. The number of fused-ring (bicyclic) bond motifs is 1. The van der Waals surface area contributed by atoms with Gasteiger partial charge in [0.25, 0.3) is 0 Å². The van der Waals surface area contributed by atoms with Gasteiger partial charge in [0, 0.05) is 38.1 Å². The summed E-state index contributed by atoms with van der Waals surface area (Å²) in [6.07, 6.45) is 0. The van der Waals surface area contributed by atoms with Gasteiger partial charge in [-0.25, -0.2) is 4.98 Å². The van der Waals surface area contributed by atoms with Crippen LogP contribution >= 0.6 is 11.8 Å². The van der Waals surface area contributed by atoms with Crippen LogP contribution in [0.1, 0.15) is 12.5 Å². The highest BCUT2D eigenvalue weighted by Gasteiger charge is 2.25. The standard InChI is InChI=1S/C23H25N3OS/c1-18(28-22-12-11-20-9-5-6-10-21(20)24-22)23(27)26-15-13-25(14-16-26)17-19-7-3-2-4-8-19/h2-12,18H,13-17H2,1H3/t18-/m1/s1. The van der Waals surface area contributed by atoms with Crippen molar-refractivity contribution in [3.63, 3.8) is 0 Å². The van der Waals surface area contributed by atoms with Crippen LogP contribution in [-0.4, -0.2) is 52.1 Å². The largest absolute Gasteiger partial charge is 0.339 e. The first kappa shape index (κ1) is 19.0. The molecule has 144 valence electrons. The van der Waals surface area contributed by atoms with E-state index in [1.54, 1.807) is 11.8 Å². The fourth-order valence-corrected chi connectivity index (χ4v) is 4.48. The minimum absolute atomic E-state index is 0.130. The number of carbonyl (C=O) groups is 1. The fraction of sp³-hybridized carbons (Fsp3) is 0.304. The molecule has 0 aliphatic carbocycles. The number of piperazine rings is 1. The molecule has 1 aliphatic heterocycles. The van der Waals surface area contributed by atoms with Crippen molar-refractivity contribution in [1.29, 1.82) is 0 Å². The molecular weight excluding hydrogens is 366 g/mol. The predicted molar refractivity (Wildman–Crippen MR) is 115 cm³/mol. The van der Waals surface area contributed by atoms with E-state index < -0.39 is 0 Å². The maximum absolute atomic E-state index is 12.9. The summed E-state index contributed by atoms with van der Waals surface area (Å²) in [5, 5.41) is 1.90. The second kappa shape index (κ2) is 8.76. The first-order valence-electron chi connectivity index (χ1n) is 9.76. The third kappa shape index (κ3) is 4.54. The Kier molecular flexibility index (Phi) is 5.93. The maximum Gasteiger partial charge on any atom is 0.235 e. The summed E-state index contributed by atoms with van der Waals surface area (Å²) in [5.41, 5.74) is 2.30. The molecule has 0 spiro atoms. The van der Waals surface area contributed by atoms with Crippen molar-refractivity contribution in [3.8, 4) is 0 Å². The van der Waals surface area contributed by atoms with Gasteiger partial charge in [0.15, 0.2) is 0 Å². The van der Waals surface area contributed by atoms with Crippen LogP contribution in [0.25, 0.3) is 10.9 Å². The number of thioether (sulfide) groups is 1. The summed E-state index contributed by atoms with van der Waals surface area (Å²) in [5.74, 6) is 0.208. The number of aromatic nitrogens is 1. The topological polar surface area (TPSA) is 36.4 Å². The number of para-hydroxylation sites is 1. The Bertz CT molecular complexity index is 939. The van der Waals surface area contributed by atoms with Crippen molar-refractivity contribution >= 4 is 28.6 Å². The molecule has 1 atom stereocenters. The molecule has 2 aromatic carbocycles. The average molecular weight is 392 g/mol. The summed E-state index contributed by atoms with van der Waals surface area (Å²) in [7, 11) is 0. The number of hydrogen-bond acceptors (Lipinski definition) is 4. The molecule has 1 fully saturated rings. The van der Waals surface area contributed by atoms with E-state index in [2.05, 4.69) is 46.3 Å². The van der Waals surface area contributed by atoms with Crippen LogP contribution in [0.3, 0.4) is 0 Å². The highest BCUT2D eigenvalue weighted by molar-refractivity contribution is 8.00. The molecule has 2 heterocycles. The molecule has 4 nitrogen and oxygen atoms in total. The third-order valence-electron chi connectivity index (χ3n) is 5.15. The Balaban J connectivity index is 1.31. The molecule has 3 aromatic rings. The van der Waals surface area contributed by atoms with Crippen molar-refractivity contribution in [2.45, 2.75) is 23.7 Å². The molecule has 1 aliphatic rings. The summed E-state index contributed by atoms with van der Waals surface area (Å²) in [6, 6.07) is 22.7. The molecule has 0 N–H and O–H groups in total. The van der Waals surface area contributed by atoms with Gasteiger partial charge in [0.2, 0.25) is 5.91 Å². The van der Waals surface area contributed by atoms with Crippen LogP contribution < -0.4 is 0 Å². The minimum Gasteiger partial charge on any atom is -0.339 e. The molecule has 0 radical (unpaired) electrons. The highest BCUT2D eigenvalue weighted by atomic mass is 32.2. The lowest BCUT2D eigenvalue weighted by atomic mass is 10.2. The molecule has 1 amide bonds. The van der Waals surface area contributed by atoms with Crippen molar-refractivity contribution < 1.29 is 4.79 Å². The fourth-order valence-electron chi connectivity index (χ4n) is 3.57. The zero-order valence-corrected chi connectivity index (χ0v) is 16.9. The van der Waals surface area contributed by atoms with E-state index >= 15 is 0 Å². The monoisotopic (exact) mass is 391 g/mol. The Morgan fingerprint density at radius 2 is 1.68 bits per heavy atom. The van der Waals surface area contributed by atoms with Crippen LogP contribution in [0.15, 0.2) is 71.8 Å². The Morgan fingerprint density at radius 3 is 2.46 bits per heavy atom. The smallest absolute Gasteiger partial charge is 0.235 e. The van der Waals surface area contributed by atoms with Crippen LogP contribution in [0.4, 0.5) is 0 Å². The second-order valence-corrected chi connectivity index (χ2v) is 8.55. The SMILES string of the molecule is C[C@@H](Sc1ccc2ccccc2n1)C(=O)N1CCN(Cc2ccccc2)CC1. The van der Waals surface area contributed by atoms with Gasteiger partial charge < -0.3 is 4.90 Å². The lowest BCUT2D eigenvalue weighted by molar-refractivity contribution is -0.132. The minimum atomic E-state index is -0.130. The van der Waals surface area contributed by atoms with E-state index in [0.717, 1.165) is 48.7 Å². The first-order valence-corrected chi connectivity index (χ1v) is 10.6. The number of hydrogen-bond donors (Lipinski definition) is 0. The summed E-state index contributed by atoms with van der Waals surface area (Å²) in [6.45, 7) is 6.37. The zero-order chi connectivity index (χ0) is 19.3.